The molecule has 2 unspecified atom stereocenters. The molecule has 3 rings (SSSR count). The molecular weight excluding hydrogens is 383 g/mol. The van der Waals surface area contributed by atoms with Gasteiger partial charge < -0.3 is 14.4 Å². The molecular formula is C24H31FN2O3. The topological polar surface area (TPSA) is 42.0 Å². The van der Waals surface area contributed by atoms with Gasteiger partial charge in [-0.2, -0.15) is 0 Å². The van der Waals surface area contributed by atoms with E-state index in [1.54, 1.807) is 26.4 Å². The number of benzene rings is 2. The summed E-state index contributed by atoms with van der Waals surface area (Å²) in [5.41, 5.74) is 2.07. The molecule has 1 fully saturated rings. The maximum Gasteiger partial charge on any atom is 0.237 e. The molecule has 2 atom stereocenters. The lowest BCUT2D eigenvalue weighted by Crippen LogP contribution is -2.41. The van der Waals surface area contributed by atoms with Crippen molar-refractivity contribution in [2.45, 2.75) is 38.8 Å². The number of ether oxygens (including phenoxy) is 2. The molecule has 0 aliphatic carbocycles. The van der Waals surface area contributed by atoms with Gasteiger partial charge in [-0.3, -0.25) is 9.69 Å². The lowest BCUT2D eigenvalue weighted by Gasteiger charge is -2.32. The van der Waals surface area contributed by atoms with Gasteiger partial charge >= 0.3 is 0 Å². The maximum absolute atomic E-state index is 13.3. The molecule has 2 aromatic rings. The quantitative estimate of drug-likeness (QED) is 0.634. The van der Waals surface area contributed by atoms with Gasteiger partial charge in [0.15, 0.2) is 11.5 Å². The highest BCUT2D eigenvalue weighted by atomic mass is 19.1. The third kappa shape index (κ3) is 4.75. The predicted molar refractivity (Wildman–Crippen MR) is 115 cm³/mol. The molecule has 0 radical (unpaired) electrons. The Bertz CT molecular complexity index is 856. The van der Waals surface area contributed by atoms with Gasteiger partial charge in [0.05, 0.1) is 26.8 Å². The fourth-order valence-electron chi connectivity index (χ4n) is 4.21. The van der Waals surface area contributed by atoms with Crippen LogP contribution in [0.2, 0.25) is 0 Å². The van der Waals surface area contributed by atoms with Crippen molar-refractivity contribution in [3.8, 4) is 11.5 Å². The fraction of sp³-hybridized carbons (Fsp3) is 0.458. The van der Waals surface area contributed by atoms with Crippen LogP contribution in [-0.2, 0) is 4.79 Å². The van der Waals surface area contributed by atoms with Crippen molar-refractivity contribution >= 4 is 5.91 Å². The molecule has 5 nitrogen and oxygen atoms in total. The van der Waals surface area contributed by atoms with Crippen LogP contribution < -0.4 is 9.47 Å². The Kier molecular flexibility index (Phi) is 7.32. The number of nitrogens with zero attached hydrogens (tertiary/aromatic N) is 2. The summed E-state index contributed by atoms with van der Waals surface area (Å²) in [4.78, 5) is 17.3. The van der Waals surface area contributed by atoms with E-state index in [0.717, 1.165) is 37.1 Å². The van der Waals surface area contributed by atoms with Crippen LogP contribution in [0.1, 0.15) is 49.9 Å². The second-order valence-electron chi connectivity index (χ2n) is 7.65. The summed E-state index contributed by atoms with van der Waals surface area (Å²) in [6, 6.07) is 12.4. The van der Waals surface area contributed by atoms with E-state index in [0.29, 0.717) is 18.0 Å². The van der Waals surface area contributed by atoms with Crippen molar-refractivity contribution in [1.29, 1.82) is 0 Å². The third-order valence-electron chi connectivity index (χ3n) is 6.01. The lowest BCUT2D eigenvalue weighted by molar-refractivity contribution is -0.133. The third-order valence-corrected chi connectivity index (χ3v) is 6.01. The van der Waals surface area contributed by atoms with Gasteiger partial charge in [0.1, 0.15) is 5.82 Å². The highest BCUT2D eigenvalue weighted by Gasteiger charge is 2.32. The molecule has 0 N–H and O–H groups in total. The smallest absolute Gasteiger partial charge is 0.237 e. The second kappa shape index (κ2) is 9.94. The van der Waals surface area contributed by atoms with Crippen LogP contribution in [0.15, 0.2) is 42.5 Å². The highest BCUT2D eigenvalue weighted by molar-refractivity contribution is 5.79. The van der Waals surface area contributed by atoms with Crippen molar-refractivity contribution < 1.29 is 18.7 Å². The van der Waals surface area contributed by atoms with Crippen molar-refractivity contribution in [3.63, 3.8) is 0 Å². The zero-order valence-electron chi connectivity index (χ0n) is 18.2. The first kappa shape index (κ1) is 22.1. The van der Waals surface area contributed by atoms with Crippen LogP contribution >= 0.6 is 0 Å². The normalized spacial score (nSPS) is 17.3. The largest absolute Gasteiger partial charge is 0.493 e. The van der Waals surface area contributed by atoms with Crippen molar-refractivity contribution in [2.75, 3.05) is 33.9 Å². The molecule has 6 heteroatoms. The highest BCUT2D eigenvalue weighted by Crippen LogP contribution is 2.37. The van der Waals surface area contributed by atoms with Crippen LogP contribution in [0.3, 0.4) is 0 Å². The summed E-state index contributed by atoms with van der Waals surface area (Å²) in [6.45, 7) is 5.92. The molecule has 0 bridgehead atoms. The number of rotatable bonds is 8. The van der Waals surface area contributed by atoms with Crippen LogP contribution in [-0.4, -0.2) is 49.6 Å². The Morgan fingerprint density at radius 1 is 1.17 bits per heavy atom. The van der Waals surface area contributed by atoms with Gasteiger partial charge in [-0.25, -0.2) is 4.39 Å². The van der Waals surface area contributed by atoms with Gasteiger partial charge in [-0.15, -0.1) is 0 Å². The van der Waals surface area contributed by atoms with Crippen LogP contribution in [0, 0.1) is 5.82 Å². The minimum absolute atomic E-state index is 0.0293. The first-order valence-corrected chi connectivity index (χ1v) is 10.5. The summed E-state index contributed by atoms with van der Waals surface area (Å²) in [6.07, 6.45) is 1.91. The summed E-state index contributed by atoms with van der Waals surface area (Å²) >= 11 is 0. The zero-order valence-corrected chi connectivity index (χ0v) is 18.2. The Hall–Kier alpha value is -2.60. The van der Waals surface area contributed by atoms with Gasteiger partial charge in [-0.1, -0.05) is 25.1 Å². The molecule has 2 aromatic carbocycles. The van der Waals surface area contributed by atoms with E-state index in [1.165, 1.54) is 12.1 Å². The number of carbonyl (C=O) groups is 1. The van der Waals surface area contributed by atoms with E-state index < -0.39 is 0 Å². The summed E-state index contributed by atoms with van der Waals surface area (Å²) in [5.74, 6) is 1.22. The zero-order chi connectivity index (χ0) is 21.7. The molecule has 0 saturated carbocycles. The van der Waals surface area contributed by atoms with E-state index >= 15 is 0 Å². The lowest BCUT2D eigenvalue weighted by atomic mass is 10.0. The Morgan fingerprint density at radius 3 is 2.50 bits per heavy atom. The van der Waals surface area contributed by atoms with Crippen LogP contribution in [0.5, 0.6) is 11.5 Å². The maximum atomic E-state index is 13.3. The molecule has 1 aliphatic heterocycles. The first-order valence-electron chi connectivity index (χ1n) is 10.5. The number of carbonyl (C=O) groups excluding carboxylic acids is 1. The summed E-state index contributed by atoms with van der Waals surface area (Å²) in [7, 11) is 3.24. The van der Waals surface area contributed by atoms with E-state index in [9.17, 15) is 9.18 Å². The number of hydrogen-bond acceptors (Lipinski definition) is 4. The van der Waals surface area contributed by atoms with Gasteiger partial charge in [0.2, 0.25) is 5.91 Å². The SMILES string of the molecule is CCN(CC(=O)N1CCCC1c1ccc(OC)c(OC)c1)C(C)c1ccc(F)cc1. The van der Waals surface area contributed by atoms with Gasteiger partial charge in [0, 0.05) is 12.6 Å². The minimum Gasteiger partial charge on any atom is -0.493 e. The predicted octanol–water partition coefficient (Wildman–Crippen LogP) is 4.59. The number of halogens is 1. The Balaban J connectivity index is 1.74. The number of methoxy groups -OCH3 is 2. The molecule has 30 heavy (non-hydrogen) atoms. The van der Waals surface area contributed by atoms with Crippen LogP contribution in [0.4, 0.5) is 4.39 Å². The molecule has 0 spiro atoms. The molecule has 1 aliphatic rings. The summed E-state index contributed by atoms with van der Waals surface area (Å²) in [5, 5.41) is 0. The molecule has 162 valence electrons. The molecule has 1 saturated heterocycles. The Morgan fingerprint density at radius 2 is 1.87 bits per heavy atom. The van der Waals surface area contributed by atoms with E-state index in [4.69, 9.17) is 9.47 Å². The van der Waals surface area contributed by atoms with Crippen LogP contribution in [0.25, 0.3) is 0 Å². The van der Waals surface area contributed by atoms with Crippen molar-refractivity contribution in [1.82, 2.24) is 9.80 Å². The number of likely N-dealkylation sites (tertiary alicyclic amines) is 1. The Labute approximate surface area is 178 Å². The van der Waals surface area contributed by atoms with Crippen molar-refractivity contribution in [3.05, 3.63) is 59.4 Å². The molecule has 1 amide bonds. The van der Waals surface area contributed by atoms with Crippen molar-refractivity contribution in [2.24, 2.45) is 0 Å². The fourth-order valence-corrected chi connectivity index (χ4v) is 4.21. The average molecular weight is 415 g/mol. The van der Waals surface area contributed by atoms with E-state index in [2.05, 4.69) is 11.8 Å². The van der Waals surface area contributed by atoms with E-state index in [1.807, 2.05) is 30.0 Å². The number of hydrogen-bond donors (Lipinski definition) is 0. The monoisotopic (exact) mass is 414 g/mol. The molecule has 1 heterocycles. The number of amides is 1. The first-order chi connectivity index (χ1) is 14.5. The van der Waals surface area contributed by atoms with Gasteiger partial charge in [0.25, 0.3) is 0 Å². The summed E-state index contributed by atoms with van der Waals surface area (Å²) < 4.78 is 24.0. The number of likely N-dealkylation sites (N-methyl/N-ethyl adjacent to an activating group) is 1. The average Bonchev–Trinajstić information content (AvgIpc) is 3.27. The van der Waals surface area contributed by atoms with E-state index in [-0.39, 0.29) is 23.8 Å². The second-order valence-corrected chi connectivity index (χ2v) is 7.65. The minimum atomic E-state index is -0.250. The van der Waals surface area contributed by atoms with Gasteiger partial charge in [-0.05, 0) is 61.7 Å². The molecule has 0 aromatic heterocycles. The standard InChI is InChI=1S/C24H31FN2O3/c1-5-26(17(2)18-8-11-20(25)12-9-18)16-24(28)27-14-6-7-21(27)19-10-13-22(29-3)23(15-19)30-4/h8-13,15,17,21H,5-7,14,16H2,1-4H3.